The number of rotatable bonds is 6. The Morgan fingerprint density at radius 2 is 2.04 bits per heavy atom. The zero-order chi connectivity index (χ0) is 18.0. The van der Waals surface area contributed by atoms with Crippen molar-refractivity contribution < 1.29 is 17.4 Å². The van der Waals surface area contributed by atoms with Crippen LogP contribution in [0.4, 0.5) is 5.69 Å². The highest BCUT2D eigenvalue weighted by Gasteiger charge is 2.18. The predicted octanol–water partition coefficient (Wildman–Crippen LogP) is 2.44. The number of para-hydroxylation sites is 1. The summed E-state index contributed by atoms with van der Waals surface area (Å²) >= 11 is 0. The van der Waals surface area contributed by atoms with Crippen LogP contribution in [-0.4, -0.2) is 28.5 Å². The quantitative estimate of drug-likeness (QED) is 0.533. The summed E-state index contributed by atoms with van der Waals surface area (Å²) in [6, 6.07) is 10.4. The highest BCUT2D eigenvalue weighted by atomic mass is 32.2. The van der Waals surface area contributed by atoms with Gasteiger partial charge in [0.15, 0.2) is 10.8 Å². The highest BCUT2D eigenvalue weighted by molar-refractivity contribution is 7.92. The van der Waals surface area contributed by atoms with Gasteiger partial charge in [-0.05, 0) is 23.8 Å². The number of aromatic nitrogens is 4. The molecule has 0 amide bonds. The van der Waals surface area contributed by atoms with Gasteiger partial charge in [-0.2, -0.15) is 13.4 Å². The van der Waals surface area contributed by atoms with Crippen LogP contribution in [0.1, 0.15) is 11.5 Å². The van der Waals surface area contributed by atoms with E-state index in [9.17, 15) is 8.42 Å². The molecule has 0 aliphatic carbocycles. The molecule has 0 atom stereocenters. The van der Waals surface area contributed by atoms with Crippen molar-refractivity contribution in [2.75, 3.05) is 4.72 Å². The van der Waals surface area contributed by atoms with E-state index in [1.165, 1.54) is 18.8 Å². The fraction of sp³-hybridized carbons (Fsp3) is 0.0625. The molecule has 0 bridgehead atoms. The molecule has 0 radical (unpaired) electrons. The zero-order valence-electron chi connectivity index (χ0n) is 13.3. The number of aromatic amines is 1. The summed E-state index contributed by atoms with van der Waals surface area (Å²) in [5.41, 5.74) is 1.10. The molecule has 0 aliphatic heterocycles. The van der Waals surface area contributed by atoms with Crippen LogP contribution < -0.4 is 4.72 Å². The van der Waals surface area contributed by atoms with E-state index in [2.05, 4.69) is 24.8 Å². The minimum Gasteiger partial charge on any atom is -0.461 e. The molecule has 0 spiro atoms. The maximum Gasteiger partial charge on any atom is 0.278 e. The van der Waals surface area contributed by atoms with E-state index >= 15 is 0 Å². The second-order valence-electron chi connectivity index (χ2n) is 5.34. The standard InChI is InChI=1S/C16H13N5O4S/c22-26(23,15-9-17-10-18-15)21-12-5-2-1-4-11(12)8-14-19-16(20-25-14)13-6-3-7-24-13/h1-7,9-10,21H,8H2,(H,17,18). The third kappa shape index (κ3) is 3.22. The summed E-state index contributed by atoms with van der Waals surface area (Å²) in [7, 11) is -3.76. The van der Waals surface area contributed by atoms with Gasteiger partial charge >= 0.3 is 0 Å². The van der Waals surface area contributed by atoms with Gasteiger partial charge in [0.25, 0.3) is 10.0 Å². The molecule has 0 saturated heterocycles. The first-order valence-electron chi connectivity index (χ1n) is 7.57. The molecule has 0 saturated carbocycles. The molecule has 0 unspecified atom stereocenters. The Labute approximate surface area is 148 Å². The largest absolute Gasteiger partial charge is 0.461 e. The number of hydrogen-bond donors (Lipinski definition) is 2. The lowest BCUT2D eigenvalue weighted by Gasteiger charge is -2.10. The summed E-state index contributed by atoms with van der Waals surface area (Å²) in [5, 5.41) is 3.84. The number of imidazole rings is 1. The maximum absolute atomic E-state index is 12.4. The van der Waals surface area contributed by atoms with Crippen molar-refractivity contribution in [3.8, 4) is 11.6 Å². The Hall–Kier alpha value is -3.40. The molecule has 0 fully saturated rings. The fourth-order valence-electron chi connectivity index (χ4n) is 2.36. The van der Waals surface area contributed by atoms with Crippen molar-refractivity contribution in [1.29, 1.82) is 0 Å². The normalized spacial score (nSPS) is 11.5. The molecule has 3 aromatic heterocycles. The van der Waals surface area contributed by atoms with E-state index in [0.717, 1.165) is 0 Å². The monoisotopic (exact) mass is 371 g/mol. The Kier molecular flexibility index (Phi) is 4.01. The SMILES string of the molecule is O=S(=O)(Nc1ccccc1Cc1nc(-c2ccco2)no1)c1cnc[nH]1. The molecule has 4 aromatic rings. The van der Waals surface area contributed by atoms with Gasteiger partial charge in [0, 0.05) is 0 Å². The molecular weight excluding hydrogens is 358 g/mol. The summed E-state index contributed by atoms with van der Waals surface area (Å²) in [5.74, 6) is 1.17. The molecule has 0 aliphatic rings. The Balaban J connectivity index is 1.59. The first kappa shape index (κ1) is 16.1. The van der Waals surface area contributed by atoms with E-state index in [-0.39, 0.29) is 11.4 Å². The van der Waals surface area contributed by atoms with E-state index in [1.54, 1.807) is 36.4 Å². The van der Waals surface area contributed by atoms with Crippen LogP contribution in [0, 0.1) is 0 Å². The average molecular weight is 371 g/mol. The number of anilines is 1. The lowest BCUT2D eigenvalue weighted by molar-refractivity contribution is 0.384. The van der Waals surface area contributed by atoms with Gasteiger partial charge in [-0.15, -0.1) is 0 Å². The second-order valence-corrected chi connectivity index (χ2v) is 7.00. The first-order chi connectivity index (χ1) is 12.6. The molecule has 26 heavy (non-hydrogen) atoms. The minimum atomic E-state index is -3.76. The molecule has 2 N–H and O–H groups in total. The summed E-state index contributed by atoms with van der Waals surface area (Å²) in [4.78, 5) is 10.6. The topological polar surface area (TPSA) is 127 Å². The van der Waals surface area contributed by atoms with E-state index in [1.807, 2.05) is 0 Å². The lowest BCUT2D eigenvalue weighted by atomic mass is 10.1. The first-order valence-corrected chi connectivity index (χ1v) is 9.06. The van der Waals surface area contributed by atoms with Crippen molar-refractivity contribution in [1.82, 2.24) is 20.1 Å². The smallest absolute Gasteiger partial charge is 0.278 e. The van der Waals surface area contributed by atoms with Gasteiger partial charge in [-0.1, -0.05) is 23.4 Å². The second kappa shape index (κ2) is 6.48. The molecule has 132 valence electrons. The van der Waals surface area contributed by atoms with Crippen molar-refractivity contribution in [2.24, 2.45) is 0 Å². The van der Waals surface area contributed by atoms with Gasteiger partial charge in [-0.25, -0.2) is 4.98 Å². The van der Waals surface area contributed by atoms with E-state index in [0.29, 0.717) is 28.7 Å². The number of hydrogen-bond acceptors (Lipinski definition) is 7. The number of furan rings is 1. The fourth-order valence-corrected chi connectivity index (χ4v) is 3.37. The van der Waals surface area contributed by atoms with Crippen LogP contribution in [0.2, 0.25) is 0 Å². The molecule has 4 rings (SSSR count). The van der Waals surface area contributed by atoms with Crippen LogP contribution in [0.5, 0.6) is 0 Å². The third-order valence-corrected chi connectivity index (χ3v) is 4.87. The minimum absolute atomic E-state index is 0.0230. The van der Waals surface area contributed by atoms with Gasteiger partial charge < -0.3 is 13.9 Å². The Morgan fingerprint density at radius 3 is 2.81 bits per heavy atom. The van der Waals surface area contributed by atoms with Gasteiger partial charge in [0.05, 0.1) is 30.9 Å². The summed E-state index contributed by atoms with van der Waals surface area (Å²) in [6.45, 7) is 0. The maximum atomic E-state index is 12.4. The van der Waals surface area contributed by atoms with Crippen molar-refractivity contribution in [2.45, 2.75) is 11.4 Å². The van der Waals surface area contributed by atoms with E-state index in [4.69, 9.17) is 8.94 Å². The van der Waals surface area contributed by atoms with Crippen LogP contribution in [-0.2, 0) is 16.4 Å². The third-order valence-electron chi connectivity index (χ3n) is 3.58. The number of H-pyrrole nitrogens is 1. The number of nitrogens with one attached hydrogen (secondary N) is 2. The Bertz CT molecular complexity index is 1100. The predicted molar refractivity (Wildman–Crippen MR) is 90.6 cm³/mol. The molecular formula is C16H13N5O4S. The van der Waals surface area contributed by atoms with Crippen LogP contribution in [0.3, 0.4) is 0 Å². The number of nitrogens with zero attached hydrogens (tertiary/aromatic N) is 3. The van der Waals surface area contributed by atoms with Crippen molar-refractivity contribution in [3.05, 3.63) is 66.6 Å². The van der Waals surface area contributed by atoms with Crippen LogP contribution >= 0.6 is 0 Å². The average Bonchev–Trinajstić information content (AvgIpc) is 3.39. The molecule has 9 nitrogen and oxygen atoms in total. The van der Waals surface area contributed by atoms with Crippen LogP contribution in [0.25, 0.3) is 11.6 Å². The molecule has 1 aromatic carbocycles. The number of benzene rings is 1. The van der Waals surface area contributed by atoms with Gasteiger partial charge in [0.2, 0.25) is 11.7 Å². The Morgan fingerprint density at radius 1 is 1.15 bits per heavy atom. The summed E-state index contributed by atoms with van der Waals surface area (Å²) in [6.07, 6.45) is 4.31. The number of sulfonamides is 1. The van der Waals surface area contributed by atoms with Crippen molar-refractivity contribution >= 4 is 15.7 Å². The molecule has 3 heterocycles. The lowest BCUT2D eigenvalue weighted by Crippen LogP contribution is -2.14. The van der Waals surface area contributed by atoms with Gasteiger partial charge in [-0.3, -0.25) is 4.72 Å². The molecule has 10 heteroatoms. The van der Waals surface area contributed by atoms with E-state index < -0.39 is 10.0 Å². The zero-order valence-corrected chi connectivity index (χ0v) is 14.1. The van der Waals surface area contributed by atoms with Crippen molar-refractivity contribution in [3.63, 3.8) is 0 Å². The summed E-state index contributed by atoms with van der Waals surface area (Å²) < 4.78 is 37.8. The van der Waals surface area contributed by atoms with Crippen LogP contribution in [0.15, 0.2) is 69.2 Å². The highest BCUT2D eigenvalue weighted by Crippen LogP contribution is 2.23. The van der Waals surface area contributed by atoms with Gasteiger partial charge in [0.1, 0.15) is 0 Å².